The number of hydrogen-bond acceptors (Lipinski definition) is 3. The molecule has 0 radical (unpaired) electrons. The van der Waals surface area contributed by atoms with Crippen molar-refractivity contribution in [3.8, 4) is 6.07 Å². The molecule has 1 atom stereocenters. The van der Waals surface area contributed by atoms with Gasteiger partial charge in [-0.25, -0.2) is 0 Å². The highest BCUT2D eigenvalue weighted by Gasteiger charge is 2.24. The average molecular weight is 319 g/mol. The number of likely N-dealkylation sites (N-methyl/N-ethyl adjacent to an activating group) is 1. The lowest BCUT2D eigenvalue weighted by atomic mass is 9.87. The lowest BCUT2D eigenvalue weighted by Gasteiger charge is -2.32. The highest BCUT2D eigenvalue weighted by Crippen LogP contribution is 2.33. The van der Waals surface area contributed by atoms with Crippen molar-refractivity contribution < 1.29 is 4.79 Å². The molecule has 4 heteroatoms. The van der Waals surface area contributed by atoms with Gasteiger partial charge in [-0.15, -0.1) is 0 Å². The Morgan fingerprint density at radius 3 is 2.83 bits per heavy atom. The van der Waals surface area contributed by atoms with E-state index in [-0.39, 0.29) is 11.9 Å². The third-order valence-electron chi connectivity index (χ3n) is 4.58. The summed E-state index contributed by atoms with van der Waals surface area (Å²) in [6.07, 6.45) is 3.32. The van der Waals surface area contributed by atoms with Crippen LogP contribution < -0.4 is 5.32 Å². The van der Waals surface area contributed by atoms with Crippen molar-refractivity contribution in [1.82, 2.24) is 4.90 Å². The molecule has 2 aromatic rings. The van der Waals surface area contributed by atoms with Crippen molar-refractivity contribution in [2.24, 2.45) is 0 Å². The van der Waals surface area contributed by atoms with Crippen LogP contribution in [0.4, 0.5) is 5.69 Å². The van der Waals surface area contributed by atoms with Gasteiger partial charge in [0.25, 0.3) is 0 Å². The van der Waals surface area contributed by atoms with E-state index in [0.717, 1.165) is 19.3 Å². The first kappa shape index (κ1) is 16.2. The molecule has 0 heterocycles. The zero-order chi connectivity index (χ0) is 16.9. The van der Waals surface area contributed by atoms with Crippen LogP contribution in [0.25, 0.3) is 0 Å². The molecule has 24 heavy (non-hydrogen) atoms. The molecule has 3 rings (SSSR count). The van der Waals surface area contributed by atoms with Gasteiger partial charge in [0.05, 0.1) is 17.8 Å². The lowest BCUT2D eigenvalue weighted by Crippen LogP contribution is -2.35. The highest BCUT2D eigenvalue weighted by molar-refractivity contribution is 5.93. The summed E-state index contributed by atoms with van der Waals surface area (Å²) in [4.78, 5) is 14.5. The molecule has 2 aromatic carbocycles. The molecule has 0 spiro atoms. The maximum Gasteiger partial charge on any atom is 0.238 e. The van der Waals surface area contributed by atoms with Gasteiger partial charge in [-0.3, -0.25) is 9.69 Å². The van der Waals surface area contributed by atoms with Crippen molar-refractivity contribution in [3.05, 3.63) is 65.2 Å². The van der Waals surface area contributed by atoms with E-state index in [9.17, 15) is 4.79 Å². The molecule has 0 unspecified atom stereocenters. The SMILES string of the molecule is CN(CC(=O)Nc1ccccc1C#N)[C@@H]1CCCc2ccccc21. The fraction of sp³-hybridized carbons (Fsp3) is 0.300. The Bertz CT molecular complexity index is 778. The fourth-order valence-corrected chi connectivity index (χ4v) is 3.40. The average Bonchev–Trinajstić information content (AvgIpc) is 2.61. The smallest absolute Gasteiger partial charge is 0.238 e. The number of anilines is 1. The largest absolute Gasteiger partial charge is 0.324 e. The number of para-hydroxylation sites is 1. The number of carbonyl (C=O) groups is 1. The van der Waals surface area contributed by atoms with Gasteiger partial charge in [0.15, 0.2) is 0 Å². The fourth-order valence-electron chi connectivity index (χ4n) is 3.40. The topological polar surface area (TPSA) is 56.1 Å². The summed E-state index contributed by atoms with van der Waals surface area (Å²) in [6.45, 7) is 0.304. The number of nitrogens with one attached hydrogen (secondary N) is 1. The maximum atomic E-state index is 12.4. The summed E-state index contributed by atoms with van der Waals surface area (Å²) in [5.74, 6) is -0.0942. The van der Waals surface area contributed by atoms with Gasteiger partial charge in [0.2, 0.25) is 5.91 Å². The van der Waals surface area contributed by atoms with Gasteiger partial charge in [0.1, 0.15) is 6.07 Å². The van der Waals surface area contributed by atoms with Crippen LogP contribution in [0.3, 0.4) is 0 Å². The molecule has 0 bridgehead atoms. The minimum absolute atomic E-state index is 0.0942. The molecule has 4 nitrogen and oxygen atoms in total. The maximum absolute atomic E-state index is 12.4. The van der Waals surface area contributed by atoms with E-state index in [0.29, 0.717) is 17.8 Å². The second-order valence-corrected chi connectivity index (χ2v) is 6.23. The van der Waals surface area contributed by atoms with E-state index >= 15 is 0 Å². The Labute approximate surface area is 142 Å². The van der Waals surface area contributed by atoms with Crippen LogP contribution in [-0.2, 0) is 11.2 Å². The molecule has 0 fully saturated rings. The Kier molecular flexibility index (Phi) is 4.93. The quantitative estimate of drug-likeness (QED) is 0.938. The van der Waals surface area contributed by atoms with Crippen molar-refractivity contribution >= 4 is 11.6 Å². The Balaban J connectivity index is 1.68. The summed E-state index contributed by atoms with van der Waals surface area (Å²) in [7, 11) is 1.99. The summed E-state index contributed by atoms with van der Waals surface area (Å²) >= 11 is 0. The second-order valence-electron chi connectivity index (χ2n) is 6.23. The van der Waals surface area contributed by atoms with Crippen LogP contribution in [0.5, 0.6) is 0 Å². The van der Waals surface area contributed by atoms with Crippen molar-refractivity contribution in [1.29, 1.82) is 5.26 Å². The number of hydrogen-bond donors (Lipinski definition) is 1. The van der Waals surface area contributed by atoms with E-state index in [1.165, 1.54) is 11.1 Å². The standard InChI is InChI=1S/C20H21N3O/c1-23(19-12-6-9-15-7-2-4-10-17(15)19)14-20(24)22-18-11-5-3-8-16(18)13-21/h2-5,7-8,10-11,19H,6,9,12,14H2,1H3,(H,22,24)/t19-/m1/s1. The summed E-state index contributed by atoms with van der Waals surface area (Å²) in [6, 6.07) is 17.9. The van der Waals surface area contributed by atoms with Crippen LogP contribution in [0, 0.1) is 11.3 Å². The third-order valence-corrected chi connectivity index (χ3v) is 4.58. The Morgan fingerprint density at radius 2 is 2.00 bits per heavy atom. The number of aryl methyl sites for hydroxylation is 1. The first-order valence-electron chi connectivity index (χ1n) is 8.26. The van der Waals surface area contributed by atoms with E-state index < -0.39 is 0 Å². The van der Waals surface area contributed by atoms with Crippen molar-refractivity contribution in [3.63, 3.8) is 0 Å². The summed E-state index contributed by atoms with van der Waals surface area (Å²) in [5, 5.41) is 12.0. The molecular formula is C20H21N3O. The molecule has 1 aliphatic rings. The van der Waals surface area contributed by atoms with Crippen molar-refractivity contribution in [2.45, 2.75) is 25.3 Å². The van der Waals surface area contributed by atoms with Crippen molar-refractivity contribution in [2.75, 3.05) is 18.9 Å². The number of carbonyl (C=O) groups excluding carboxylic acids is 1. The van der Waals surface area contributed by atoms with Crippen LogP contribution in [0.15, 0.2) is 48.5 Å². The Hall–Kier alpha value is -2.64. The Morgan fingerprint density at radius 1 is 1.25 bits per heavy atom. The molecule has 1 aliphatic carbocycles. The molecular weight excluding hydrogens is 298 g/mol. The zero-order valence-corrected chi connectivity index (χ0v) is 13.8. The second kappa shape index (κ2) is 7.29. The highest BCUT2D eigenvalue weighted by atomic mass is 16.2. The van der Waals surface area contributed by atoms with Gasteiger partial charge < -0.3 is 5.32 Å². The molecule has 1 amide bonds. The molecule has 0 saturated heterocycles. The lowest BCUT2D eigenvalue weighted by molar-refractivity contribution is -0.117. The first-order chi connectivity index (χ1) is 11.7. The van der Waals surface area contributed by atoms with E-state index in [2.05, 4.69) is 40.6 Å². The molecule has 0 aliphatic heterocycles. The number of fused-ring (bicyclic) bond motifs is 1. The molecule has 122 valence electrons. The predicted octanol–water partition coefficient (Wildman–Crippen LogP) is 3.51. The number of benzene rings is 2. The van der Waals surface area contributed by atoms with E-state index in [1.807, 2.05) is 13.1 Å². The number of nitrogens with zero attached hydrogens (tertiary/aromatic N) is 2. The van der Waals surface area contributed by atoms with Gasteiger partial charge in [-0.1, -0.05) is 36.4 Å². The van der Waals surface area contributed by atoms with Crippen LogP contribution in [-0.4, -0.2) is 24.4 Å². The number of rotatable bonds is 4. The van der Waals surface area contributed by atoms with Crippen LogP contribution >= 0.6 is 0 Å². The van der Waals surface area contributed by atoms with Gasteiger partial charge in [-0.05, 0) is 49.6 Å². The summed E-state index contributed by atoms with van der Waals surface area (Å²) < 4.78 is 0. The molecule has 1 N–H and O–H groups in total. The van der Waals surface area contributed by atoms with Gasteiger partial charge in [0, 0.05) is 6.04 Å². The summed E-state index contributed by atoms with van der Waals surface area (Å²) in [5.41, 5.74) is 3.77. The van der Waals surface area contributed by atoms with Crippen LogP contribution in [0.2, 0.25) is 0 Å². The number of nitriles is 1. The van der Waals surface area contributed by atoms with Crippen LogP contribution in [0.1, 0.15) is 35.6 Å². The normalized spacial score (nSPS) is 16.3. The van der Waals surface area contributed by atoms with Gasteiger partial charge >= 0.3 is 0 Å². The third kappa shape index (κ3) is 3.47. The van der Waals surface area contributed by atoms with E-state index in [4.69, 9.17) is 5.26 Å². The first-order valence-corrected chi connectivity index (χ1v) is 8.26. The predicted molar refractivity (Wildman–Crippen MR) is 94.5 cm³/mol. The monoisotopic (exact) mass is 319 g/mol. The molecule has 0 saturated carbocycles. The minimum Gasteiger partial charge on any atom is -0.324 e. The molecule has 0 aromatic heterocycles. The van der Waals surface area contributed by atoms with Gasteiger partial charge in [-0.2, -0.15) is 5.26 Å². The minimum atomic E-state index is -0.0942. The van der Waals surface area contributed by atoms with E-state index in [1.54, 1.807) is 18.2 Å². The zero-order valence-electron chi connectivity index (χ0n) is 13.8. The number of amides is 1.